The molecular formula is C24H23N3O. The Kier molecular flexibility index (Phi) is 4.94. The van der Waals surface area contributed by atoms with Gasteiger partial charge in [-0.05, 0) is 42.7 Å². The molecule has 0 aliphatic carbocycles. The number of rotatable bonds is 5. The lowest BCUT2D eigenvalue weighted by atomic mass is 10.1. The predicted molar refractivity (Wildman–Crippen MR) is 113 cm³/mol. The van der Waals surface area contributed by atoms with Crippen molar-refractivity contribution in [2.75, 3.05) is 4.90 Å². The van der Waals surface area contributed by atoms with Crippen molar-refractivity contribution in [2.24, 2.45) is 0 Å². The standard InChI is InChI=1S/C24H23N3O/c1-3-21-22(26-16-10-11-18(2)23(26)25-21)24(28)27(20-14-8-5-9-15-20)17-19-12-6-4-7-13-19/h4-16H,3,17H2,1-2H3. The van der Waals surface area contributed by atoms with E-state index in [2.05, 4.69) is 0 Å². The van der Waals surface area contributed by atoms with Gasteiger partial charge in [0, 0.05) is 11.9 Å². The van der Waals surface area contributed by atoms with Crippen LogP contribution in [0.2, 0.25) is 0 Å². The number of hydrogen-bond acceptors (Lipinski definition) is 2. The van der Waals surface area contributed by atoms with Crippen molar-refractivity contribution >= 4 is 17.2 Å². The summed E-state index contributed by atoms with van der Waals surface area (Å²) in [5, 5.41) is 0. The van der Waals surface area contributed by atoms with E-state index in [1.165, 1.54) is 0 Å². The van der Waals surface area contributed by atoms with Crippen molar-refractivity contribution in [1.82, 2.24) is 9.38 Å². The molecular weight excluding hydrogens is 346 g/mol. The van der Waals surface area contributed by atoms with Crippen LogP contribution < -0.4 is 4.90 Å². The monoisotopic (exact) mass is 369 g/mol. The van der Waals surface area contributed by atoms with Crippen LogP contribution in [0.25, 0.3) is 5.65 Å². The van der Waals surface area contributed by atoms with Gasteiger partial charge in [0.25, 0.3) is 5.91 Å². The predicted octanol–water partition coefficient (Wildman–Crippen LogP) is 5.05. The number of carbonyl (C=O) groups excluding carboxylic acids is 1. The van der Waals surface area contributed by atoms with Crippen LogP contribution in [0.15, 0.2) is 79.0 Å². The number of nitrogens with zero attached hydrogens (tertiary/aromatic N) is 3. The average Bonchev–Trinajstić information content (AvgIpc) is 3.13. The molecule has 0 bridgehead atoms. The molecule has 140 valence electrons. The van der Waals surface area contributed by atoms with Crippen LogP contribution in [-0.2, 0) is 13.0 Å². The van der Waals surface area contributed by atoms with Gasteiger partial charge in [-0.15, -0.1) is 0 Å². The smallest absolute Gasteiger partial charge is 0.277 e. The number of benzene rings is 2. The number of aromatic nitrogens is 2. The number of amides is 1. The number of fused-ring (bicyclic) bond motifs is 1. The Bertz CT molecular complexity index is 1100. The molecule has 4 aromatic rings. The molecule has 28 heavy (non-hydrogen) atoms. The van der Waals surface area contributed by atoms with Gasteiger partial charge in [-0.25, -0.2) is 4.98 Å². The van der Waals surface area contributed by atoms with E-state index in [9.17, 15) is 4.79 Å². The fourth-order valence-corrected chi connectivity index (χ4v) is 3.51. The normalized spacial score (nSPS) is 10.9. The number of anilines is 1. The summed E-state index contributed by atoms with van der Waals surface area (Å²) in [6.07, 6.45) is 2.63. The Hall–Kier alpha value is -3.40. The highest BCUT2D eigenvalue weighted by atomic mass is 16.2. The molecule has 0 fully saturated rings. The zero-order valence-electron chi connectivity index (χ0n) is 16.2. The summed E-state index contributed by atoms with van der Waals surface area (Å²) in [6, 6.07) is 23.9. The lowest BCUT2D eigenvalue weighted by molar-refractivity contribution is 0.0978. The molecule has 0 saturated heterocycles. The lowest BCUT2D eigenvalue weighted by Gasteiger charge is -2.23. The molecule has 4 nitrogen and oxygen atoms in total. The molecule has 2 aromatic heterocycles. The summed E-state index contributed by atoms with van der Waals surface area (Å²) < 4.78 is 1.93. The van der Waals surface area contributed by atoms with Gasteiger partial charge < -0.3 is 4.90 Å². The highest BCUT2D eigenvalue weighted by Crippen LogP contribution is 2.24. The highest BCUT2D eigenvalue weighted by Gasteiger charge is 2.25. The first kappa shape index (κ1) is 18.0. The van der Waals surface area contributed by atoms with E-state index in [1.54, 1.807) is 0 Å². The van der Waals surface area contributed by atoms with Crippen molar-refractivity contribution < 1.29 is 4.79 Å². The Balaban J connectivity index is 1.84. The molecule has 1 amide bonds. The number of aryl methyl sites for hydroxylation is 2. The summed E-state index contributed by atoms with van der Waals surface area (Å²) in [6.45, 7) is 4.57. The second-order valence-corrected chi connectivity index (χ2v) is 6.86. The van der Waals surface area contributed by atoms with Crippen molar-refractivity contribution in [3.8, 4) is 0 Å². The molecule has 0 aliphatic rings. The first-order valence-corrected chi connectivity index (χ1v) is 9.56. The minimum absolute atomic E-state index is 0.0370. The summed E-state index contributed by atoms with van der Waals surface area (Å²) >= 11 is 0. The van der Waals surface area contributed by atoms with Gasteiger partial charge in [0.1, 0.15) is 11.3 Å². The van der Waals surface area contributed by atoms with Crippen LogP contribution in [-0.4, -0.2) is 15.3 Å². The quantitative estimate of drug-likeness (QED) is 0.493. The minimum atomic E-state index is -0.0370. The Labute approximate surface area is 165 Å². The van der Waals surface area contributed by atoms with Crippen LogP contribution in [0.5, 0.6) is 0 Å². The van der Waals surface area contributed by atoms with Crippen molar-refractivity contribution in [1.29, 1.82) is 0 Å². The second-order valence-electron chi connectivity index (χ2n) is 6.86. The van der Waals surface area contributed by atoms with E-state index in [-0.39, 0.29) is 5.91 Å². The van der Waals surface area contributed by atoms with E-state index in [1.807, 2.05) is 102 Å². The molecule has 4 heteroatoms. The number of hydrogen-bond donors (Lipinski definition) is 0. The maximum absolute atomic E-state index is 13.8. The second kappa shape index (κ2) is 7.69. The summed E-state index contributed by atoms with van der Waals surface area (Å²) in [5.41, 5.74) is 5.33. The zero-order valence-corrected chi connectivity index (χ0v) is 16.2. The van der Waals surface area contributed by atoms with Gasteiger partial charge >= 0.3 is 0 Å². The van der Waals surface area contributed by atoms with Gasteiger partial charge in [0.15, 0.2) is 0 Å². The SMILES string of the molecule is CCc1nc2c(C)cccn2c1C(=O)N(Cc1ccccc1)c1ccccc1. The molecule has 0 N–H and O–H groups in total. The molecule has 0 unspecified atom stereocenters. The third kappa shape index (κ3) is 3.29. The largest absolute Gasteiger partial charge is 0.303 e. The third-order valence-electron chi connectivity index (χ3n) is 4.95. The molecule has 0 radical (unpaired) electrons. The fraction of sp³-hybridized carbons (Fsp3) is 0.167. The summed E-state index contributed by atoms with van der Waals surface area (Å²) in [7, 11) is 0. The molecule has 0 aliphatic heterocycles. The van der Waals surface area contributed by atoms with Gasteiger partial charge in [-0.3, -0.25) is 9.20 Å². The van der Waals surface area contributed by atoms with Crippen LogP contribution in [0.1, 0.15) is 34.2 Å². The molecule has 2 heterocycles. The Morgan fingerprint density at radius 2 is 1.64 bits per heavy atom. The molecule has 0 spiro atoms. The molecule has 2 aromatic carbocycles. The molecule has 0 saturated carbocycles. The van der Waals surface area contributed by atoms with E-state index in [4.69, 9.17) is 4.98 Å². The lowest BCUT2D eigenvalue weighted by Crippen LogP contribution is -2.32. The molecule has 4 rings (SSSR count). The summed E-state index contributed by atoms with van der Waals surface area (Å²) in [5.74, 6) is -0.0370. The van der Waals surface area contributed by atoms with Crippen LogP contribution in [0.4, 0.5) is 5.69 Å². The third-order valence-corrected chi connectivity index (χ3v) is 4.95. The first-order valence-electron chi connectivity index (χ1n) is 9.56. The van der Waals surface area contributed by atoms with E-state index >= 15 is 0 Å². The van der Waals surface area contributed by atoms with E-state index in [0.29, 0.717) is 18.7 Å². The van der Waals surface area contributed by atoms with Crippen LogP contribution >= 0.6 is 0 Å². The van der Waals surface area contributed by atoms with Gasteiger partial charge in [-0.1, -0.05) is 61.5 Å². The van der Waals surface area contributed by atoms with E-state index < -0.39 is 0 Å². The number of carbonyl (C=O) groups is 1. The summed E-state index contributed by atoms with van der Waals surface area (Å²) in [4.78, 5) is 20.4. The fourth-order valence-electron chi connectivity index (χ4n) is 3.51. The minimum Gasteiger partial charge on any atom is -0.303 e. The topological polar surface area (TPSA) is 37.6 Å². The van der Waals surface area contributed by atoms with Crippen LogP contribution in [0, 0.1) is 6.92 Å². The van der Waals surface area contributed by atoms with Gasteiger partial charge in [-0.2, -0.15) is 0 Å². The van der Waals surface area contributed by atoms with Gasteiger partial charge in [0.05, 0.1) is 12.2 Å². The first-order chi connectivity index (χ1) is 13.7. The highest BCUT2D eigenvalue weighted by molar-refractivity contribution is 6.06. The maximum atomic E-state index is 13.8. The van der Waals surface area contributed by atoms with Crippen molar-refractivity contribution in [3.05, 3.63) is 102 Å². The van der Waals surface area contributed by atoms with Gasteiger partial charge in [0.2, 0.25) is 0 Å². The zero-order chi connectivity index (χ0) is 19.5. The van der Waals surface area contributed by atoms with Crippen molar-refractivity contribution in [2.45, 2.75) is 26.8 Å². The molecule has 0 atom stereocenters. The average molecular weight is 369 g/mol. The number of imidazole rings is 1. The number of pyridine rings is 1. The van der Waals surface area contributed by atoms with Crippen molar-refractivity contribution in [3.63, 3.8) is 0 Å². The maximum Gasteiger partial charge on any atom is 0.277 e. The van der Waals surface area contributed by atoms with E-state index in [0.717, 1.165) is 28.2 Å². The Morgan fingerprint density at radius 3 is 2.32 bits per heavy atom. The van der Waals surface area contributed by atoms with Crippen LogP contribution in [0.3, 0.4) is 0 Å². The number of para-hydroxylation sites is 1. The Morgan fingerprint density at radius 1 is 0.964 bits per heavy atom.